The molecule has 9 heteroatoms. The number of halogens is 1. The first-order valence-corrected chi connectivity index (χ1v) is 11.8. The number of nitrogens with one attached hydrogen (secondary N) is 1. The summed E-state index contributed by atoms with van der Waals surface area (Å²) in [5.74, 6) is -0.367. The molecule has 1 unspecified atom stereocenters. The molecule has 0 saturated carbocycles. The van der Waals surface area contributed by atoms with Crippen molar-refractivity contribution < 1.29 is 14.3 Å². The second kappa shape index (κ2) is 9.56. The molecule has 1 atom stereocenters. The highest BCUT2D eigenvalue weighted by molar-refractivity contribution is 6.30. The van der Waals surface area contributed by atoms with Gasteiger partial charge in [0.1, 0.15) is 6.10 Å². The molecule has 1 fully saturated rings. The van der Waals surface area contributed by atoms with E-state index in [-0.39, 0.29) is 30.4 Å². The number of carbonyl (C=O) groups is 2. The number of nitrogens with zero attached hydrogens (tertiary/aromatic N) is 4. The maximum atomic E-state index is 13.2. The molecule has 5 rings (SSSR count). The standard InChI is InChI=1S/C25H26ClN5O3/c1-16-5-7-17(8-6-16)22-14-31-21(15-34-22)23(28-29-31)25(33)30-11-9-18(10-12-30)24(32)27-20-4-2-3-19(26)13-20/h2-8,13,18,22H,9-12,14-15H2,1H3,(H,27,32). The molecular formula is C25H26ClN5O3. The second-order valence-corrected chi connectivity index (χ2v) is 9.28. The Bertz CT molecular complexity index is 1200. The second-order valence-electron chi connectivity index (χ2n) is 8.84. The van der Waals surface area contributed by atoms with Crippen molar-refractivity contribution in [2.45, 2.75) is 39.0 Å². The fourth-order valence-corrected chi connectivity index (χ4v) is 4.66. The lowest BCUT2D eigenvalue weighted by atomic mass is 9.95. The zero-order valence-electron chi connectivity index (χ0n) is 18.9. The van der Waals surface area contributed by atoms with Gasteiger partial charge in [-0.2, -0.15) is 0 Å². The molecular weight excluding hydrogens is 454 g/mol. The van der Waals surface area contributed by atoms with E-state index >= 15 is 0 Å². The Morgan fingerprint density at radius 2 is 1.88 bits per heavy atom. The number of likely N-dealkylation sites (tertiary alicyclic amines) is 1. The number of ether oxygens (including phenoxy) is 1. The molecule has 176 valence electrons. The number of fused-ring (bicyclic) bond motifs is 1. The molecule has 0 spiro atoms. The van der Waals surface area contributed by atoms with Gasteiger partial charge in [0.15, 0.2) is 5.69 Å². The summed E-state index contributed by atoms with van der Waals surface area (Å²) in [5.41, 5.74) is 3.99. The lowest BCUT2D eigenvalue weighted by Gasteiger charge is -2.31. The molecule has 3 aromatic rings. The highest BCUT2D eigenvalue weighted by Gasteiger charge is 2.33. The predicted octanol–water partition coefficient (Wildman–Crippen LogP) is 4.00. The van der Waals surface area contributed by atoms with Crippen LogP contribution in [0.1, 0.15) is 46.3 Å². The minimum absolute atomic E-state index is 0.0500. The Morgan fingerprint density at radius 3 is 2.62 bits per heavy atom. The number of aromatic nitrogens is 3. The molecule has 0 radical (unpaired) electrons. The molecule has 1 saturated heterocycles. The number of carbonyl (C=O) groups excluding carboxylic acids is 2. The average molecular weight is 480 g/mol. The first-order valence-electron chi connectivity index (χ1n) is 11.4. The van der Waals surface area contributed by atoms with E-state index < -0.39 is 0 Å². The first-order chi connectivity index (χ1) is 16.5. The number of piperidine rings is 1. The molecule has 2 aliphatic heterocycles. The Hall–Kier alpha value is -3.23. The van der Waals surface area contributed by atoms with E-state index in [1.807, 2.05) is 13.0 Å². The van der Waals surface area contributed by atoms with Crippen LogP contribution in [0, 0.1) is 12.8 Å². The highest BCUT2D eigenvalue weighted by atomic mass is 35.5. The van der Waals surface area contributed by atoms with E-state index in [2.05, 4.69) is 39.9 Å². The molecule has 3 heterocycles. The maximum Gasteiger partial charge on any atom is 0.276 e. The van der Waals surface area contributed by atoms with Crippen molar-refractivity contribution in [1.29, 1.82) is 0 Å². The number of amides is 2. The molecule has 34 heavy (non-hydrogen) atoms. The van der Waals surface area contributed by atoms with Crippen LogP contribution in [-0.4, -0.2) is 44.8 Å². The highest BCUT2D eigenvalue weighted by Crippen LogP contribution is 2.28. The zero-order chi connectivity index (χ0) is 23.7. The van der Waals surface area contributed by atoms with Gasteiger partial charge >= 0.3 is 0 Å². The van der Waals surface area contributed by atoms with Crippen molar-refractivity contribution in [3.63, 3.8) is 0 Å². The van der Waals surface area contributed by atoms with Crippen LogP contribution in [-0.2, 0) is 22.7 Å². The van der Waals surface area contributed by atoms with Crippen molar-refractivity contribution in [1.82, 2.24) is 19.9 Å². The first kappa shape index (κ1) is 22.6. The van der Waals surface area contributed by atoms with Crippen molar-refractivity contribution in [2.75, 3.05) is 18.4 Å². The van der Waals surface area contributed by atoms with Gasteiger partial charge in [0.05, 0.1) is 18.8 Å². The van der Waals surface area contributed by atoms with Gasteiger partial charge in [-0.25, -0.2) is 4.68 Å². The van der Waals surface area contributed by atoms with Gasteiger partial charge in [0, 0.05) is 29.7 Å². The fourth-order valence-electron chi connectivity index (χ4n) is 4.47. The van der Waals surface area contributed by atoms with Gasteiger partial charge in [0.25, 0.3) is 5.91 Å². The minimum atomic E-state index is -0.160. The molecule has 2 aromatic carbocycles. The van der Waals surface area contributed by atoms with E-state index in [0.29, 0.717) is 54.6 Å². The number of anilines is 1. The van der Waals surface area contributed by atoms with Gasteiger partial charge in [-0.1, -0.05) is 52.7 Å². The maximum absolute atomic E-state index is 13.2. The van der Waals surface area contributed by atoms with Crippen LogP contribution in [0.5, 0.6) is 0 Å². The molecule has 8 nitrogen and oxygen atoms in total. The minimum Gasteiger partial charge on any atom is -0.365 e. The number of hydrogen-bond acceptors (Lipinski definition) is 5. The topological polar surface area (TPSA) is 89.4 Å². The molecule has 2 aliphatic rings. The third kappa shape index (κ3) is 4.69. The number of aryl methyl sites for hydroxylation is 1. The predicted molar refractivity (Wildman–Crippen MR) is 127 cm³/mol. The Balaban J connectivity index is 1.19. The van der Waals surface area contributed by atoms with E-state index in [9.17, 15) is 9.59 Å². The van der Waals surface area contributed by atoms with Crippen molar-refractivity contribution >= 4 is 29.1 Å². The van der Waals surface area contributed by atoms with Crippen molar-refractivity contribution in [3.05, 3.63) is 76.1 Å². The summed E-state index contributed by atoms with van der Waals surface area (Å²) in [5, 5.41) is 11.9. The Kier molecular flexibility index (Phi) is 6.34. The van der Waals surface area contributed by atoms with Crippen LogP contribution >= 0.6 is 11.6 Å². The van der Waals surface area contributed by atoms with Crippen LogP contribution in [0.3, 0.4) is 0 Å². The lowest BCUT2D eigenvalue weighted by Crippen LogP contribution is -2.42. The van der Waals surface area contributed by atoms with Crippen molar-refractivity contribution in [3.8, 4) is 0 Å². The number of hydrogen-bond donors (Lipinski definition) is 1. The van der Waals surface area contributed by atoms with Gasteiger partial charge in [-0.15, -0.1) is 5.10 Å². The third-order valence-electron chi connectivity index (χ3n) is 6.49. The number of rotatable bonds is 4. The zero-order valence-corrected chi connectivity index (χ0v) is 19.7. The largest absolute Gasteiger partial charge is 0.365 e. The average Bonchev–Trinajstić information content (AvgIpc) is 3.27. The fraction of sp³-hybridized carbons (Fsp3) is 0.360. The molecule has 1 aromatic heterocycles. The van der Waals surface area contributed by atoms with E-state index in [1.165, 1.54) is 5.56 Å². The van der Waals surface area contributed by atoms with Crippen molar-refractivity contribution in [2.24, 2.45) is 5.92 Å². The Labute approximate surface area is 202 Å². The summed E-state index contributed by atoms with van der Waals surface area (Å²) in [6.45, 7) is 3.83. The van der Waals surface area contributed by atoms with Crippen LogP contribution in [0.25, 0.3) is 0 Å². The summed E-state index contributed by atoms with van der Waals surface area (Å²) < 4.78 is 7.82. The summed E-state index contributed by atoms with van der Waals surface area (Å²) in [6.07, 6.45) is 1.06. The molecule has 2 amide bonds. The SMILES string of the molecule is Cc1ccc(C2Cn3nnc(C(=O)N4CCC(C(=O)Nc5cccc(Cl)c5)CC4)c3CO2)cc1. The third-order valence-corrected chi connectivity index (χ3v) is 6.73. The quantitative estimate of drug-likeness (QED) is 0.610. The van der Waals surface area contributed by atoms with Gasteiger partial charge in [0.2, 0.25) is 5.91 Å². The van der Waals surface area contributed by atoms with E-state index in [0.717, 1.165) is 5.56 Å². The smallest absolute Gasteiger partial charge is 0.276 e. The van der Waals surface area contributed by atoms with E-state index in [4.69, 9.17) is 16.3 Å². The summed E-state index contributed by atoms with van der Waals surface area (Å²) in [7, 11) is 0. The number of benzene rings is 2. The summed E-state index contributed by atoms with van der Waals surface area (Å²) in [6, 6.07) is 15.3. The summed E-state index contributed by atoms with van der Waals surface area (Å²) in [4.78, 5) is 27.6. The molecule has 0 bridgehead atoms. The van der Waals surface area contributed by atoms with Gasteiger partial charge in [-0.05, 0) is 43.5 Å². The monoisotopic (exact) mass is 479 g/mol. The van der Waals surface area contributed by atoms with Crippen LogP contribution < -0.4 is 5.32 Å². The molecule has 1 N–H and O–H groups in total. The lowest BCUT2D eigenvalue weighted by molar-refractivity contribution is -0.121. The van der Waals surface area contributed by atoms with Gasteiger partial charge in [-0.3, -0.25) is 9.59 Å². The summed E-state index contributed by atoms with van der Waals surface area (Å²) >= 11 is 5.99. The van der Waals surface area contributed by atoms with Crippen LogP contribution in [0.4, 0.5) is 5.69 Å². The van der Waals surface area contributed by atoms with E-state index in [1.54, 1.807) is 27.8 Å². The van der Waals surface area contributed by atoms with Gasteiger partial charge < -0.3 is 15.0 Å². The van der Waals surface area contributed by atoms with Crippen LogP contribution in [0.15, 0.2) is 48.5 Å². The normalized spacial score (nSPS) is 18.4. The molecule has 0 aliphatic carbocycles. The van der Waals surface area contributed by atoms with Crippen LogP contribution in [0.2, 0.25) is 5.02 Å². The Morgan fingerprint density at radius 1 is 1.12 bits per heavy atom.